The Morgan fingerprint density at radius 2 is 1.78 bits per heavy atom. The Kier molecular flexibility index (Phi) is 7.25. The lowest BCUT2D eigenvalue weighted by molar-refractivity contribution is 0.137. The molecule has 0 bridgehead atoms. The molecule has 1 fully saturated rings. The highest BCUT2D eigenvalue weighted by Crippen LogP contribution is 2.35. The first kappa shape index (κ1) is 16.0. The van der Waals surface area contributed by atoms with Crippen LogP contribution >= 0.6 is 0 Å². The molecule has 0 spiro atoms. The molecule has 0 aromatic carbocycles. The Morgan fingerprint density at radius 1 is 1.17 bits per heavy atom. The molecule has 1 atom stereocenters. The second-order valence-electron chi connectivity index (χ2n) is 6.65. The van der Waals surface area contributed by atoms with E-state index in [1.54, 1.807) is 0 Å². The quantitative estimate of drug-likeness (QED) is 0.699. The van der Waals surface area contributed by atoms with Crippen LogP contribution in [0.4, 0.5) is 0 Å². The zero-order valence-corrected chi connectivity index (χ0v) is 13.1. The van der Waals surface area contributed by atoms with E-state index < -0.39 is 0 Å². The van der Waals surface area contributed by atoms with E-state index in [4.69, 9.17) is 0 Å². The van der Waals surface area contributed by atoms with Gasteiger partial charge in [0.05, 0.1) is 0 Å². The molecule has 0 amide bonds. The molecule has 0 saturated heterocycles. The Labute approximate surface area is 115 Å². The summed E-state index contributed by atoms with van der Waals surface area (Å²) in [5.74, 6) is 0.826. The van der Waals surface area contributed by atoms with Crippen molar-refractivity contribution in [2.75, 3.05) is 33.7 Å². The third-order valence-electron chi connectivity index (χ3n) is 4.64. The van der Waals surface area contributed by atoms with E-state index in [2.05, 4.69) is 38.2 Å². The van der Waals surface area contributed by atoms with Crippen molar-refractivity contribution < 1.29 is 0 Å². The van der Waals surface area contributed by atoms with Gasteiger partial charge in [-0.1, -0.05) is 46.0 Å². The predicted molar refractivity (Wildman–Crippen MR) is 81.0 cm³/mol. The van der Waals surface area contributed by atoms with E-state index in [1.165, 1.54) is 64.6 Å². The Hall–Kier alpha value is -0.0800. The summed E-state index contributed by atoms with van der Waals surface area (Å²) < 4.78 is 0. The Morgan fingerprint density at radius 3 is 2.28 bits per heavy atom. The first-order chi connectivity index (χ1) is 8.62. The third kappa shape index (κ3) is 5.27. The summed E-state index contributed by atoms with van der Waals surface area (Å²) in [4.78, 5) is 2.58. The summed E-state index contributed by atoms with van der Waals surface area (Å²) in [5, 5.41) is 3.45. The molecule has 2 nitrogen and oxygen atoms in total. The molecule has 0 radical (unpaired) electrons. The van der Waals surface area contributed by atoms with Crippen LogP contribution in [0.5, 0.6) is 0 Å². The zero-order chi connectivity index (χ0) is 13.4. The number of nitrogens with zero attached hydrogens (tertiary/aromatic N) is 1. The zero-order valence-electron chi connectivity index (χ0n) is 13.1. The van der Waals surface area contributed by atoms with Gasteiger partial charge in [-0.25, -0.2) is 0 Å². The molecular formula is C16H34N2. The maximum Gasteiger partial charge on any atom is 0.00472 e. The van der Waals surface area contributed by atoms with Crippen LogP contribution < -0.4 is 5.32 Å². The second-order valence-corrected chi connectivity index (χ2v) is 6.65. The SMILES string of the molecule is CCC(C)CN(C)CC1(CNC)CCCCCC1. The smallest absolute Gasteiger partial charge is 0.00472 e. The van der Waals surface area contributed by atoms with E-state index in [0.717, 1.165) is 5.92 Å². The highest BCUT2D eigenvalue weighted by molar-refractivity contribution is 4.86. The molecule has 1 rings (SSSR count). The first-order valence-electron chi connectivity index (χ1n) is 7.95. The minimum absolute atomic E-state index is 0.535. The Balaban J connectivity index is 2.54. The van der Waals surface area contributed by atoms with Gasteiger partial charge < -0.3 is 10.2 Å². The summed E-state index contributed by atoms with van der Waals surface area (Å²) in [6, 6.07) is 0. The highest BCUT2D eigenvalue weighted by Gasteiger charge is 2.31. The average molecular weight is 254 g/mol. The summed E-state index contributed by atoms with van der Waals surface area (Å²) in [7, 11) is 4.43. The molecule has 0 aromatic heterocycles. The number of hydrogen-bond acceptors (Lipinski definition) is 2. The van der Waals surface area contributed by atoms with Crippen molar-refractivity contribution in [3.8, 4) is 0 Å². The molecule has 1 unspecified atom stereocenters. The monoisotopic (exact) mass is 254 g/mol. The van der Waals surface area contributed by atoms with Crippen molar-refractivity contribution in [1.82, 2.24) is 10.2 Å². The van der Waals surface area contributed by atoms with Gasteiger partial charge in [0.25, 0.3) is 0 Å². The molecule has 0 aliphatic heterocycles. The molecule has 2 heteroatoms. The van der Waals surface area contributed by atoms with Crippen LogP contribution in [0.2, 0.25) is 0 Å². The van der Waals surface area contributed by atoms with E-state index >= 15 is 0 Å². The maximum atomic E-state index is 3.45. The molecule has 18 heavy (non-hydrogen) atoms. The van der Waals surface area contributed by atoms with Gasteiger partial charge in [-0.15, -0.1) is 0 Å². The van der Waals surface area contributed by atoms with Crippen molar-refractivity contribution >= 4 is 0 Å². The molecule has 1 aliphatic carbocycles. The predicted octanol–water partition coefficient (Wildman–Crippen LogP) is 3.52. The van der Waals surface area contributed by atoms with Crippen LogP contribution in [0.25, 0.3) is 0 Å². The van der Waals surface area contributed by atoms with Gasteiger partial charge in [0, 0.05) is 19.6 Å². The number of rotatable bonds is 7. The van der Waals surface area contributed by atoms with Crippen LogP contribution in [0.1, 0.15) is 58.8 Å². The highest BCUT2D eigenvalue weighted by atomic mass is 15.1. The summed E-state index contributed by atoms with van der Waals surface area (Å²) in [6.07, 6.45) is 9.87. The van der Waals surface area contributed by atoms with Crippen LogP contribution in [0.15, 0.2) is 0 Å². The van der Waals surface area contributed by atoms with Crippen LogP contribution in [0.3, 0.4) is 0 Å². The fourth-order valence-electron chi connectivity index (χ4n) is 3.54. The second kappa shape index (κ2) is 8.16. The molecule has 1 N–H and O–H groups in total. The van der Waals surface area contributed by atoms with Crippen LogP contribution in [0, 0.1) is 11.3 Å². The van der Waals surface area contributed by atoms with Crippen molar-refractivity contribution in [1.29, 1.82) is 0 Å². The van der Waals surface area contributed by atoms with Gasteiger partial charge in [-0.3, -0.25) is 0 Å². The molecule has 108 valence electrons. The van der Waals surface area contributed by atoms with Crippen molar-refractivity contribution in [3.63, 3.8) is 0 Å². The minimum atomic E-state index is 0.535. The van der Waals surface area contributed by atoms with Crippen LogP contribution in [-0.4, -0.2) is 38.6 Å². The summed E-state index contributed by atoms with van der Waals surface area (Å²) in [5.41, 5.74) is 0.535. The molecule has 0 heterocycles. The van der Waals surface area contributed by atoms with Crippen molar-refractivity contribution in [2.45, 2.75) is 58.8 Å². The van der Waals surface area contributed by atoms with Gasteiger partial charge >= 0.3 is 0 Å². The van der Waals surface area contributed by atoms with Gasteiger partial charge in [-0.2, -0.15) is 0 Å². The summed E-state index contributed by atoms with van der Waals surface area (Å²) >= 11 is 0. The average Bonchev–Trinajstić information content (AvgIpc) is 2.55. The minimum Gasteiger partial charge on any atom is -0.319 e. The fraction of sp³-hybridized carbons (Fsp3) is 1.00. The summed E-state index contributed by atoms with van der Waals surface area (Å²) in [6.45, 7) is 8.39. The lowest BCUT2D eigenvalue weighted by atomic mass is 9.79. The van der Waals surface area contributed by atoms with Crippen LogP contribution in [-0.2, 0) is 0 Å². The van der Waals surface area contributed by atoms with Gasteiger partial charge in [0.2, 0.25) is 0 Å². The van der Waals surface area contributed by atoms with Crippen molar-refractivity contribution in [3.05, 3.63) is 0 Å². The topological polar surface area (TPSA) is 15.3 Å². The van der Waals surface area contributed by atoms with Gasteiger partial charge in [0.15, 0.2) is 0 Å². The van der Waals surface area contributed by atoms with Crippen molar-refractivity contribution in [2.24, 2.45) is 11.3 Å². The standard InChI is InChI=1S/C16H34N2/c1-5-15(2)12-18(4)14-16(13-17-3)10-8-6-7-9-11-16/h15,17H,5-14H2,1-4H3. The normalized spacial score (nSPS) is 21.8. The van der Waals surface area contributed by atoms with Gasteiger partial charge in [-0.05, 0) is 38.3 Å². The largest absolute Gasteiger partial charge is 0.319 e. The number of nitrogens with one attached hydrogen (secondary N) is 1. The van der Waals surface area contributed by atoms with E-state index in [9.17, 15) is 0 Å². The molecule has 0 aromatic rings. The maximum absolute atomic E-state index is 3.45. The van der Waals surface area contributed by atoms with E-state index in [-0.39, 0.29) is 0 Å². The van der Waals surface area contributed by atoms with E-state index in [0.29, 0.717) is 5.41 Å². The van der Waals surface area contributed by atoms with E-state index in [1.807, 2.05) is 0 Å². The molecule has 1 aliphatic rings. The Bertz CT molecular complexity index is 207. The fourth-order valence-corrected chi connectivity index (χ4v) is 3.54. The number of hydrogen-bond donors (Lipinski definition) is 1. The molecular weight excluding hydrogens is 220 g/mol. The molecule has 1 saturated carbocycles. The third-order valence-corrected chi connectivity index (χ3v) is 4.64. The first-order valence-corrected chi connectivity index (χ1v) is 7.95. The van der Waals surface area contributed by atoms with Gasteiger partial charge in [0.1, 0.15) is 0 Å². The lowest BCUT2D eigenvalue weighted by Gasteiger charge is -2.37. The lowest BCUT2D eigenvalue weighted by Crippen LogP contribution is -2.43.